The van der Waals surface area contributed by atoms with Crippen LogP contribution in [0.4, 0.5) is 4.79 Å². The third kappa shape index (κ3) is 0.789. The number of fused-ring (bicyclic) bond motifs is 3. The maximum absolute atomic E-state index is 11.6. The van der Waals surface area contributed by atoms with Crippen LogP contribution >= 0.6 is 0 Å². The summed E-state index contributed by atoms with van der Waals surface area (Å²) in [6.45, 7) is 2.00. The minimum Gasteiger partial charge on any atom is -0.329 e. The molecule has 1 aliphatic rings. The molecule has 1 aliphatic heterocycles. The number of aromatic nitrogens is 1. The Morgan fingerprint density at radius 1 is 1.36 bits per heavy atom. The molecule has 1 atom stereocenters. The summed E-state index contributed by atoms with van der Waals surface area (Å²) in [6, 6.07) is 10.1. The maximum atomic E-state index is 11.6. The fourth-order valence-electron chi connectivity index (χ4n) is 2.05. The zero-order chi connectivity index (χ0) is 9.71. The highest BCUT2D eigenvalue weighted by Crippen LogP contribution is 2.27. The lowest BCUT2D eigenvalue weighted by Gasteiger charge is -1.98. The Bertz CT molecular complexity index is 527. The lowest BCUT2D eigenvalue weighted by molar-refractivity contribution is 0.246. The Kier molecular flexibility index (Phi) is 1.29. The topological polar surface area (TPSA) is 34.0 Å². The van der Waals surface area contributed by atoms with Gasteiger partial charge >= 0.3 is 6.03 Å². The lowest BCUT2D eigenvalue weighted by atomic mass is 10.2. The van der Waals surface area contributed by atoms with E-state index in [4.69, 9.17) is 0 Å². The third-order valence-corrected chi connectivity index (χ3v) is 2.73. The molecule has 0 fully saturated rings. The van der Waals surface area contributed by atoms with Crippen molar-refractivity contribution in [1.29, 1.82) is 0 Å². The van der Waals surface area contributed by atoms with Crippen LogP contribution in [-0.4, -0.2) is 10.6 Å². The molecule has 1 aromatic heterocycles. The van der Waals surface area contributed by atoms with E-state index in [0.29, 0.717) is 0 Å². The summed E-state index contributed by atoms with van der Waals surface area (Å²) in [7, 11) is 0. The SMILES string of the molecule is CC1NC(=O)n2c1cc1ccccc12. The highest BCUT2D eigenvalue weighted by Gasteiger charge is 2.26. The molecule has 1 aromatic carbocycles. The summed E-state index contributed by atoms with van der Waals surface area (Å²) in [5, 5.41) is 4.01. The van der Waals surface area contributed by atoms with Crippen molar-refractivity contribution in [2.75, 3.05) is 0 Å². The van der Waals surface area contributed by atoms with Crippen LogP contribution in [-0.2, 0) is 0 Å². The van der Waals surface area contributed by atoms with Gasteiger partial charge in [0.1, 0.15) is 0 Å². The molecule has 0 saturated carbocycles. The van der Waals surface area contributed by atoms with Gasteiger partial charge in [0.05, 0.1) is 17.3 Å². The second-order valence-electron chi connectivity index (χ2n) is 3.63. The van der Waals surface area contributed by atoms with Crippen molar-refractivity contribution < 1.29 is 4.79 Å². The molecule has 3 heteroatoms. The van der Waals surface area contributed by atoms with Crippen LogP contribution in [0.3, 0.4) is 0 Å². The van der Waals surface area contributed by atoms with Crippen LogP contribution in [0.15, 0.2) is 30.3 Å². The number of nitrogens with one attached hydrogen (secondary N) is 1. The maximum Gasteiger partial charge on any atom is 0.326 e. The number of carbonyl (C=O) groups is 1. The van der Waals surface area contributed by atoms with Gasteiger partial charge in [-0.3, -0.25) is 4.57 Å². The Morgan fingerprint density at radius 3 is 3.00 bits per heavy atom. The van der Waals surface area contributed by atoms with Gasteiger partial charge in [0, 0.05) is 5.39 Å². The van der Waals surface area contributed by atoms with Crippen molar-refractivity contribution in [1.82, 2.24) is 9.88 Å². The number of carbonyl (C=O) groups excluding carboxylic acids is 1. The van der Waals surface area contributed by atoms with E-state index in [1.54, 1.807) is 4.57 Å². The largest absolute Gasteiger partial charge is 0.329 e. The minimum absolute atomic E-state index is 0.0197. The summed E-state index contributed by atoms with van der Waals surface area (Å²) >= 11 is 0. The van der Waals surface area contributed by atoms with Crippen LogP contribution in [0.1, 0.15) is 18.7 Å². The number of benzene rings is 1. The van der Waals surface area contributed by atoms with E-state index in [1.807, 2.05) is 31.2 Å². The molecule has 0 radical (unpaired) electrons. The van der Waals surface area contributed by atoms with Gasteiger partial charge in [0.25, 0.3) is 0 Å². The summed E-state index contributed by atoms with van der Waals surface area (Å²) < 4.78 is 1.75. The van der Waals surface area contributed by atoms with Gasteiger partial charge in [-0.15, -0.1) is 0 Å². The average Bonchev–Trinajstić information content (AvgIpc) is 2.66. The quantitative estimate of drug-likeness (QED) is 0.672. The van der Waals surface area contributed by atoms with Gasteiger partial charge in [-0.05, 0) is 19.1 Å². The Hall–Kier alpha value is -1.77. The molecule has 1 amide bonds. The van der Waals surface area contributed by atoms with Crippen molar-refractivity contribution >= 4 is 16.9 Å². The van der Waals surface area contributed by atoms with E-state index in [9.17, 15) is 4.79 Å². The van der Waals surface area contributed by atoms with E-state index in [1.165, 1.54) is 0 Å². The molecule has 0 saturated heterocycles. The zero-order valence-corrected chi connectivity index (χ0v) is 7.82. The summed E-state index contributed by atoms with van der Waals surface area (Å²) in [6.07, 6.45) is 0. The molecule has 2 aromatic rings. The van der Waals surface area contributed by atoms with Gasteiger partial charge < -0.3 is 5.32 Å². The predicted octanol–water partition coefficient (Wildman–Crippen LogP) is 2.27. The normalized spacial score (nSPS) is 19.8. The molecule has 0 aliphatic carbocycles. The number of hydrogen-bond donors (Lipinski definition) is 1. The first-order valence-electron chi connectivity index (χ1n) is 4.68. The molecular weight excluding hydrogens is 176 g/mol. The third-order valence-electron chi connectivity index (χ3n) is 2.73. The molecule has 0 spiro atoms. The van der Waals surface area contributed by atoms with Crippen LogP contribution in [0.5, 0.6) is 0 Å². The molecule has 3 rings (SSSR count). The number of nitrogens with zero attached hydrogens (tertiary/aromatic N) is 1. The molecule has 70 valence electrons. The van der Waals surface area contributed by atoms with Gasteiger partial charge in [-0.1, -0.05) is 18.2 Å². The first-order valence-corrected chi connectivity index (χ1v) is 4.68. The first-order chi connectivity index (χ1) is 6.77. The Balaban J connectivity index is 2.43. The monoisotopic (exact) mass is 186 g/mol. The second-order valence-corrected chi connectivity index (χ2v) is 3.63. The van der Waals surface area contributed by atoms with Crippen LogP contribution in [0.2, 0.25) is 0 Å². The highest BCUT2D eigenvalue weighted by atomic mass is 16.2. The molecule has 3 nitrogen and oxygen atoms in total. The van der Waals surface area contributed by atoms with E-state index in [2.05, 4.69) is 11.4 Å². The second kappa shape index (κ2) is 2.38. The van der Waals surface area contributed by atoms with Crippen LogP contribution in [0.25, 0.3) is 10.9 Å². The van der Waals surface area contributed by atoms with Crippen molar-refractivity contribution in [3.63, 3.8) is 0 Å². The summed E-state index contributed by atoms with van der Waals surface area (Å²) in [4.78, 5) is 11.6. The number of para-hydroxylation sites is 1. The standard InChI is InChI=1S/C11H10N2O/c1-7-10-6-8-4-2-3-5-9(8)13(10)11(14)12-7/h2-7H,1H3,(H,12,14). The first kappa shape index (κ1) is 7.62. The van der Waals surface area contributed by atoms with Crippen LogP contribution in [0, 0.1) is 0 Å². The molecule has 1 N–H and O–H groups in total. The molecular formula is C11H10N2O. The molecule has 0 bridgehead atoms. The van der Waals surface area contributed by atoms with Gasteiger partial charge in [0.2, 0.25) is 0 Å². The van der Waals surface area contributed by atoms with Gasteiger partial charge in [-0.25, -0.2) is 4.79 Å². The number of rotatable bonds is 0. The number of hydrogen-bond acceptors (Lipinski definition) is 1. The van der Waals surface area contributed by atoms with E-state index in [-0.39, 0.29) is 12.1 Å². The van der Waals surface area contributed by atoms with Crippen molar-refractivity contribution in [3.05, 3.63) is 36.0 Å². The minimum atomic E-state index is -0.0197. The fourth-order valence-corrected chi connectivity index (χ4v) is 2.05. The molecule has 14 heavy (non-hydrogen) atoms. The molecule has 1 unspecified atom stereocenters. The van der Waals surface area contributed by atoms with Crippen molar-refractivity contribution in [3.8, 4) is 0 Å². The summed E-state index contributed by atoms with van der Waals surface area (Å²) in [5.41, 5.74) is 2.04. The van der Waals surface area contributed by atoms with Crippen molar-refractivity contribution in [2.24, 2.45) is 0 Å². The van der Waals surface area contributed by atoms with Gasteiger partial charge in [-0.2, -0.15) is 0 Å². The Labute approximate surface area is 81.3 Å². The van der Waals surface area contributed by atoms with Crippen LogP contribution < -0.4 is 5.32 Å². The predicted molar refractivity (Wildman–Crippen MR) is 54.3 cm³/mol. The lowest BCUT2D eigenvalue weighted by Crippen LogP contribution is -2.19. The van der Waals surface area contributed by atoms with Gasteiger partial charge in [0.15, 0.2) is 0 Å². The van der Waals surface area contributed by atoms with E-state index in [0.717, 1.165) is 16.6 Å². The molecule has 2 heterocycles. The fraction of sp³-hybridized carbons (Fsp3) is 0.182. The van der Waals surface area contributed by atoms with E-state index < -0.39 is 0 Å². The highest BCUT2D eigenvalue weighted by molar-refractivity contribution is 5.95. The van der Waals surface area contributed by atoms with Crippen molar-refractivity contribution in [2.45, 2.75) is 13.0 Å². The summed E-state index contributed by atoms with van der Waals surface area (Å²) in [5.74, 6) is 0. The van der Waals surface area contributed by atoms with E-state index >= 15 is 0 Å². The smallest absolute Gasteiger partial charge is 0.326 e. The Morgan fingerprint density at radius 2 is 2.14 bits per heavy atom. The average molecular weight is 186 g/mol. The zero-order valence-electron chi connectivity index (χ0n) is 7.82. The number of amides is 1.